The predicted octanol–water partition coefficient (Wildman–Crippen LogP) is 4.66. The Balaban J connectivity index is 1.73. The van der Waals surface area contributed by atoms with Crippen molar-refractivity contribution in [1.82, 2.24) is 24.6 Å². The number of carbonyl (C=O) groups is 1. The molecule has 0 unspecified atom stereocenters. The van der Waals surface area contributed by atoms with E-state index in [9.17, 15) is 14.3 Å². The zero-order valence-corrected chi connectivity index (χ0v) is 25.5. The number of hydrogen-bond donors (Lipinski definition) is 3. The van der Waals surface area contributed by atoms with E-state index in [-0.39, 0.29) is 18.3 Å². The van der Waals surface area contributed by atoms with E-state index in [2.05, 4.69) is 37.3 Å². The SMILES string of the molecule is C=CC(=O)Nc1cc(Nc2cc(-n3c(CCCCO)nnc3-c3ccc(F)cc3)ccn2)c(OC)cc1N(C)CCN(C)C. The number of rotatable bonds is 15. The highest BCUT2D eigenvalue weighted by Crippen LogP contribution is 2.38. The molecule has 44 heavy (non-hydrogen) atoms. The highest BCUT2D eigenvalue weighted by Gasteiger charge is 2.19. The Hall–Kier alpha value is -4.81. The summed E-state index contributed by atoms with van der Waals surface area (Å²) in [5, 5.41) is 24.4. The molecular formula is C32H39FN8O3. The minimum Gasteiger partial charge on any atom is -0.494 e. The van der Waals surface area contributed by atoms with Crippen LogP contribution in [0.5, 0.6) is 5.75 Å². The Morgan fingerprint density at radius 1 is 1.07 bits per heavy atom. The number of nitrogens with zero attached hydrogens (tertiary/aromatic N) is 6. The van der Waals surface area contributed by atoms with Crippen LogP contribution in [0.3, 0.4) is 0 Å². The maximum Gasteiger partial charge on any atom is 0.247 e. The molecule has 12 heteroatoms. The molecule has 0 spiro atoms. The number of methoxy groups -OCH3 is 1. The largest absolute Gasteiger partial charge is 0.494 e. The van der Waals surface area contributed by atoms with Crippen LogP contribution >= 0.6 is 0 Å². The lowest BCUT2D eigenvalue weighted by Gasteiger charge is -2.26. The van der Waals surface area contributed by atoms with Crippen molar-refractivity contribution >= 4 is 28.8 Å². The van der Waals surface area contributed by atoms with Gasteiger partial charge in [-0.2, -0.15) is 0 Å². The number of pyridine rings is 1. The van der Waals surface area contributed by atoms with Crippen LogP contribution in [0.15, 0.2) is 67.4 Å². The number of aliphatic hydroxyl groups excluding tert-OH is 1. The fourth-order valence-corrected chi connectivity index (χ4v) is 4.60. The number of carbonyl (C=O) groups excluding carboxylic acids is 1. The fraction of sp³-hybridized carbons (Fsp3) is 0.312. The molecule has 0 atom stereocenters. The van der Waals surface area contributed by atoms with E-state index in [1.54, 1.807) is 31.5 Å². The molecule has 0 aliphatic heterocycles. The number of nitrogens with one attached hydrogen (secondary N) is 2. The minimum atomic E-state index is -0.342. The van der Waals surface area contributed by atoms with Crippen LogP contribution in [0.1, 0.15) is 18.7 Å². The summed E-state index contributed by atoms with van der Waals surface area (Å²) in [4.78, 5) is 21.0. The first-order valence-corrected chi connectivity index (χ1v) is 14.3. The van der Waals surface area contributed by atoms with Gasteiger partial charge in [0.15, 0.2) is 5.82 Å². The Bertz CT molecular complexity index is 1570. The Kier molecular flexibility index (Phi) is 11.0. The maximum absolute atomic E-state index is 13.7. The number of anilines is 4. The molecule has 2 aromatic heterocycles. The number of halogens is 1. The van der Waals surface area contributed by atoms with E-state index in [4.69, 9.17) is 4.74 Å². The number of hydrogen-bond acceptors (Lipinski definition) is 9. The van der Waals surface area contributed by atoms with Crippen LogP contribution in [-0.2, 0) is 11.2 Å². The van der Waals surface area contributed by atoms with Gasteiger partial charge in [0.1, 0.15) is 23.2 Å². The van der Waals surface area contributed by atoms with Crippen LogP contribution in [0, 0.1) is 5.82 Å². The summed E-state index contributed by atoms with van der Waals surface area (Å²) >= 11 is 0. The molecule has 0 aliphatic rings. The van der Waals surface area contributed by atoms with Gasteiger partial charge in [0.2, 0.25) is 5.91 Å². The quantitative estimate of drug-likeness (QED) is 0.132. The second-order valence-electron chi connectivity index (χ2n) is 10.5. The monoisotopic (exact) mass is 602 g/mol. The molecule has 4 rings (SSSR count). The molecule has 11 nitrogen and oxygen atoms in total. The van der Waals surface area contributed by atoms with Gasteiger partial charge in [0.05, 0.1) is 29.9 Å². The van der Waals surface area contributed by atoms with E-state index in [1.165, 1.54) is 18.2 Å². The van der Waals surface area contributed by atoms with Gasteiger partial charge < -0.3 is 30.3 Å². The molecule has 0 saturated heterocycles. The van der Waals surface area contributed by atoms with Crippen molar-refractivity contribution in [3.63, 3.8) is 0 Å². The summed E-state index contributed by atoms with van der Waals surface area (Å²) in [6.45, 7) is 5.21. The minimum absolute atomic E-state index is 0.0869. The number of amides is 1. The lowest BCUT2D eigenvalue weighted by molar-refractivity contribution is -0.111. The van der Waals surface area contributed by atoms with Gasteiger partial charge >= 0.3 is 0 Å². The molecular weight excluding hydrogens is 563 g/mol. The van der Waals surface area contributed by atoms with E-state index >= 15 is 0 Å². The van der Waals surface area contributed by atoms with Gasteiger partial charge in [-0.1, -0.05) is 6.58 Å². The zero-order chi connectivity index (χ0) is 31.6. The van der Waals surface area contributed by atoms with E-state index in [1.807, 2.05) is 48.8 Å². The fourth-order valence-electron chi connectivity index (χ4n) is 4.60. The number of ether oxygens (including phenoxy) is 1. The first kappa shape index (κ1) is 32.1. The van der Waals surface area contributed by atoms with Crippen molar-refractivity contribution in [2.24, 2.45) is 0 Å². The smallest absolute Gasteiger partial charge is 0.247 e. The standard InChI is InChI=1S/C32H39FN8O3/c1-6-31(43)36-25-20-26(28(44-5)21-27(25)40(4)17-16-39(2)3)35-29-19-24(14-15-34-29)41-30(9-7-8-18-42)37-38-32(41)22-10-12-23(33)13-11-22/h6,10-15,19-21,42H,1,7-9,16-18H2,2-5H3,(H,34,35)(H,36,43). The van der Waals surface area contributed by atoms with Gasteiger partial charge in [0, 0.05) is 57.1 Å². The number of benzene rings is 2. The predicted molar refractivity (Wildman–Crippen MR) is 171 cm³/mol. The molecule has 0 fully saturated rings. The van der Waals surface area contributed by atoms with Crippen molar-refractivity contribution in [2.75, 3.05) is 63.5 Å². The van der Waals surface area contributed by atoms with Crippen molar-refractivity contribution in [3.8, 4) is 22.8 Å². The van der Waals surface area contributed by atoms with Crippen molar-refractivity contribution in [3.05, 3.63) is 79.0 Å². The van der Waals surface area contributed by atoms with E-state index in [0.717, 1.165) is 30.9 Å². The molecule has 2 heterocycles. The Labute approximate surface area is 257 Å². The van der Waals surface area contributed by atoms with E-state index < -0.39 is 0 Å². The molecule has 0 saturated carbocycles. The first-order valence-electron chi connectivity index (χ1n) is 14.3. The summed E-state index contributed by atoms with van der Waals surface area (Å²) in [6, 6.07) is 13.5. The van der Waals surface area contributed by atoms with Crippen LogP contribution in [0.25, 0.3) is 17.1 Å². The van der Waals surface area contributed by atoms with Gasteiger partial charge in [-0.25, -0.2) is 9.37 Å². The van der Waals surface area contributed by atoms with Gasteiger partial charge in [-0.05, 0) is 69.4 Å². The summed E-state index contributed by atoms with van der Waals surface area (Å²) in [6.07, 6.45) is 4.83. The lowest BCUT2D eigenvalue weighted by atomic mass is 10.1. The second-order valence-corrected chi connectivity index (χ2v) is 10.5. The third kappa shape index (κ3) is 7.97. The third-order valence-electron chi connectivity index (χ3n) is 6.96. The highest BCUT2D eigenvalue weighted by molar-refractivity contribution is 6.02. The normalized spacial score (nSPS) is 11.0. The highest BCUT2D eigenvalue weighted by atomic mass is 19.1. The summed E-state index contributed by atoms with van der Waals surface area (Å²) in [5.74, 6) is 1.64. The molecule has 232 valence electrons. The van der Waals surface area contributed by atoms with E-state index in [0.29, 0.717) is 53.0 Å². The summed E-state index contributed by atoms with van der Waals surface area (Å²) < 4.78 is 21.3. The van der Waals surface area contributed by atoms with Crippen LogP contribution in [0.2, 0.25) is 0 Å². The first-order chi connectivity index (χ1) is 21.2. The average Bonchev–Trinajstić information content (AvgIpc) is 3.44. The number of likely N-dealkylation sites (N-methyl/N-ethyl adjacent to an activating group) is 2. The van der Waals surface area contributed by atoms with Gasteiger partial charge in [-0.15, -0.1) is 10.2 Å². The Morgan fingerprint density at radius 2 is 1.84 bits per heavy atom. The second kappa shape index (κ2) is 15.1. The van der Waals surface area contributed by atoms with Crippen LogP contribution < -0.4 is 20.3 Å². The third-order valence-corrected chi connectivity index (χ3v) is 6.96. The summed E-state index contributed by atoms with van der Waals surface area (Å²) in [5.41, 5.74) is 3.40. The number of unbranched alkanes of at least 4 members (excludes halogenated alkanes) is 1. The lowest BCUT2D eigenvalue weighted by Crippen LogP contribution is -2.29. The van der Waals surface area contributed by atoms with Crippen molar-refractivity contribution in [1.29, 1.82) is 0 Å². The molecule has 0 aliphatic carbocycles. The summed E-state index contributed by atoms with van der Waals surface area (Å²) in [7, 11) is 7.55. The molecule has 1 amide bonds. The Morgan fingerprint density at radius 3 is 2.52 bits per heavy atom. The number of aliphatic hydroxyl groups is 1. The molecule has 0 bridgehead atoms. The van der Waals surface area contributed by atoms with Crippen molar-refractivity contribution in [2.45, 2.75) is 19.3 Å². The average molecular weight is 603 g/mol. The zero-order valence-electron chi connectivity index (χ0n) is 25.5. The van der Waals surface area contributed by atoms with Crippen LogP contribution in [0.4, 0.5) is 27.3 Å². The number of aryl methyl sites for hydroxylation is 1. The molecule has 4 aromatic rings. The topological polar surface area (TPSA) is 121 Å². The van der Waals surface area contributed by atoms with Crippen molar-refractivity contribution < 1.29 is 19.0 Å². The van der Waals surface area contributed by atoms with Gasteiger partial charge in [0.25, 0.3) is 0 Å². The molecule has 0 radical (unpaired) electrons. The van der Waals surface area contributed by atoms with Crippen LogP contribution in [-0.4, -0.2) is 83.6 Å². The molecule has 2 aromatic carbocycles. The molecule has 3 N–H and O–H groups in total. The van der Waals surface area contributed by atoms with Gasteiger partial charge in [-0.3, -0.25) is 9.36 Å². The maximum atomic E-state index is 13.7. The number of aromatic nitrogens is 4.